The molecular formula is C20H35IN6S. The van der Waals surface area contributed by atoms with Crippen LogP contribution in [0.3, 0.4) is 0 Å². The van der Waals surface area contributed by atoms with Crippen molar-refractivity contribution in [2.45, 2.75) is 59.4 Å². The van der Waals surface area contributed by atoms with Crippen LogP contribution in [0.15, 0.2) is 16.6 Å². The molecule has 2 aromatic heterocycles. The Kier molecular flexibility index (Phi) is 10.4. The number of aromatic nitrogens is 3. The SMILES string of the molecule is CCNC(=NCCc1csc(C(C)C)n1)N(C)Cc1cn(C)nc1C(C)C.I. The van der Waals surface area contributed by atoms with Gasteiger partial charge in [-0.25, -0.2) is 4.98 Å². The second kappa shape index (κ2) is 11.7. The molecule has 0 aromatic carbocycles. The first-order chi connectivity index (χ1) is 12.8. The Morgan fingerprint density at radius 1 is 1.29 bits per heavy atom. The minimum Gasteiger partial charge on any atom is -0.357 e. The van der Waals surface area contributed by atoms with Crippen molar-refractivity contribution in [3.05, 3.63) is 33.5 Å². The number of aryl methyl sites for hydroxylation is 1. The van der Waals surface area contributed by atoms with Crippen LogP contribution in [0.1, 0.15) is 68.4 Å². The summed E-state index contributed by atoms with van der Waals surface area (Å²) >= 11 is 1.75. The van der Waals surface area contributed by atoms with Crippen molar-refractivity contribution in [2.24, 2.45) is 12.0 Å². The van der Waals surface area contributed by atoms with Gasteiger partial charge in [0, 0.05) is 63.2 Å². The molecular weight excluding hydrogens is 483 g/mol. The lowest BCUT2D eigenvalue weighted by molar-refractivity contribution is 0.473. The zero-order valence-electron chi connectivity index (χ0n) is 18.2. The molecule has 8 heteroatoms. The van der Waals surface area contributed by atoms with E-state index >= 15 is 0 Å². The molecule has 0 aliphatic rings. The fraction of sp³-hybridized carbons (Fsp3) is 0.650. The average molecular weight is 519 g/mol. The van der Waals surface area contributed by atoms with Gasteiger partial charge < -0.3 is 10.2 Å². The van der Waals surface area contributed by atoms with Gasteiger partial charge in [0.05, 0.1) is 16.4 Å². The summed E-state index contributed by atoms with van der Waals surface area (Å²) in [5.74, 6) is 1.83. The van der Waals surface area contributed by atoms with Crippen LogP contribution in [-0.4, -0.2) is 45.8 Å². The van der Waals surface area contributed by atoms with Crippen LogP contribution in [0.4, 0.5) is 0 Å². The van der Waals surface area contributed by atoms with Crippen LogP contribution in [0.2, 0.25) is 0 Å². The van der Waals surface area contributed by atoms with Gasteiger partial charge in [-0.1, -0.05) is 27.7 Å². The molecule has 0 spiro atoms. The van der Waals surface area contributed by atoms with E-state index in [1.807, 2.05) is 11.7 Å². The molecule has 0 radical (unpaired) electrons. The molecule has 2 aromatic rings. The van der Waals surface area contributed by atoms with Gasteiger partial charge in [-0.3, -0.25) is 9.67 Å². The van der Waals surface area contributed by atoms with Crippen LogP contribution >= 0.6 is 35.3 Å². The summed E-state index contributed by atoms with van der Waals surface area (Å²) in [5.41, 5.74) is 3.55. The second-order valence-corrected chi connectivity index (χ2v) is 8.43. The third-order valence-electron chi connectivity index (χ3n) is 4.28. The summed E-state index contributed by atoms with van der Waals surface area (Å²) in [6, 6.07) is 0. The summed E-state index contributed by atoms with van der Waals surface area (Å²) in [7, 11) is 4.06. The molecule has 6 nitrogen and oxygen atoms in total. The van der Waals surface area contributed by atoms with Crippen molar-refractivity contribution in [1.82, 2.24) is 25.0 Å². The predicted molar refractivity (Wildman–Crippen MR) is 130 cm³/mol. The smallest absolute Gasteiger partial charge is 0.193 e. The largest absolute Gasteiger partial charge is 0.357 e. The van der Waals surface area contributed by atoms with Crippen LogP contribution in [0.5, 0.6) is 0 Å². The Bertz CT molecular complexity index is 750. The van der Waals surface area contributed by atoms with Crippen LogP contribution in [-0.2, 0) is 20.0 Å². The van der Waals surface area contributed by atoms with Crippen molar-refractivity contribution in [3.8, 4) is 0 Å². The number of halogens is 1. The molecule has 0 bridgehead atoms. The lowest BCUT2D eigenvalue weighted by Gasteiger charge is -2.22. The Balaban J connectivity index is 0.00000392. The van der Waals surface area contributed by atoms with Gasteiger partial charge in [-0.2, -0.15) is 5.10 Å². The molecule has 158 valence electrons. The van der Waals surface area contributed by atoms with Crippen molar-refractivity contribution >= 4 is 41.3 Å². The highest BCUT2D eigenvalue weighted by Gasteiger charge is 2.15. The highest BCUT2D eigenvalue weighted by Crippen LogP contribution is 2.20. The zero-order valence-corrected chi connectivity index (χ0v) is 21.3. The first kappa shape index (κ1) is 24.9. The third kappa shape index (κ3) is 7.02. The molecule has 0 atom stereocenters. The number of guanidine groups is 1. The molecule has 2 heterocycles. The van der Waals surface area contributed by atoms with Gasteiger partial charge in [0.15, 0.2) is 5.96 Å². The Labute approximate surface area is 190 Å². The van der Waals surface area contributed by atoms with E-state index in [1.165, 1.54) is 10.6 Å². The fourth-order valence-electron chi connectivity index (χ4n) is 2.94. The number of nitrogens with one attached hydrogen (secondary N) is 1. The van der Waals surface area contributed by atoms with Crippen molar-refractivity contribution in [1.29, 1.82) is 0 Å². The second-order valence-electron chi connectivity index (χ2n) is 7.54. The summed E-state index contributed by atoms with van der Waals surface area (Å²) in [6.45, 7) is 13.2. The highest BCUT2D eigenvalue weighted by molar-refractivity contribution is 14.0. The van der Waals surface area contributed by atoms with Crippen LogP contribution in [0, 0.1) is 0 Å². The van der Waals surface area contributed by atoms with Crippen molar-refractivity contribution in [2.75, 3.05) is 20.1 Å². The maximum atomic E-state index is 4.81. The Morgan fingerprint density at radius 2 is 2.00 bits per heavy atom. The number of aliphatic imine (C=N–C) groups is 1. The third-order valence-corrected chi connectivity index (χ3v) is 5.48. The van der Waals surface area contributed by atoms with E-state index in [4.69, 9.17) is 9.98 Å². The van der Waals surface area contributed by atoms with E-state index in [1.54, 1.807) is 11.3 Å². The quantitative estimate of drug-likeness (QED) is 0.320. The average Bonchev–Trinajstić information content (AvgIpc) is 3.21. The topological polar surface area (TPSA) is 58.3 Å². The summed E-state index contributed by atoms with van der Waals surface area (Å²) in [5, 5.41) is 11.4. The Morgan fingerprint density at radius 3 is 2.57 bits per heavy atom. The number of rotatable bonds is 8. The molecule has 0 saturated heterocycles. The fourth-order valence-corrected chi connectivity index (χ4v) is 3.81. The van der Waals surface area contributed by atoms with Gasteiger partial charge in [-0.15, -0.1) is 35.3 Å². The van der Waals surface area contributed by atoms with Crippen LogP contribution in [0.25, 0.3) is 0 Å². The van der Waals surface area contributed by atoms with E-state index in [2.05, 4.69) is 68.6 Å². The van der Waals surface area contributed by atoms with Crippen molar-refractivity contribution < 1.29 is 0 Å². The van der Waals surface area contributed by atoms with Gasteiger partial charge in [0.1, 0.15) is 0 Å². The maximum Gasteiger partial charge on any atom is 0.193 e. The molecule has 0 amide bonds. The highest BCUT2D eigenvalue weighted by atomic mass is 127. The molecule has 0 unspecified atom stereocenters. The molecule has 0 aliphatic carbocycles. The number of thiazole rings is 1. The molecule has 2 rings (SSSR count). The molecule has 0 saturated carbocycles. The van der Waals surface area contributed by atoms with Gasteiger partial charge in [0.25, 0.3) is 0 Å². The minimum atomic E-state index is 0. The Hall–Kier alpha value is -1.16. The minimum absolute atomic E-state index is 0. The summed E-state index contributed by atoms with van der Waals surface area (Å²) < 4.78 is 1.90. The number of nitrogens with zero attached hydrogens (tertiary/aromatic N) is 5. The maximum absolute atomic E-state index is 4.81. The van der Waals surface area contributed by atoms with E-state index in [-0.39, 0.29) is 24.0 Å². The van der Waals surface area contributed by atoms with Crippen molar-refractivity contribution in [3.63, 3.8) is 0 Å². The first-order valence-corrected chi connectivity index (χ1v) is 10.7. The normalized spacial score (nSPS) is 11.8. The summed E-state index contributed by atoms with van der Waals surface area (Å²) in [4.78, 5) is 11.7. The van der Waals surface area contributed by atoms with E-state index in [0.717, 1.165) is 43.4 Å². The first-order valence-electron chi connectivity index (χ1n) is 9.77. The predicted octanol–water partition coefficient (Wildman–Crippen LogP) is 4.38. The standard InChI is InChI=1S/C20H34N6S.HI/c1-8-21-20(22-10-9-17-13-27-19(23-17)15(4)5)25(6)11-16-12-26(7)24-18(16)14(2)3;/h12-15H,8-11H2,1-7H3,(H,21,22);1H. The number of hydrogen-bond acceptors (Lipinski definition) is 4. The van der Waals surface area contributed by atoms with E-state index in [0.29, 0.717) is 11.8 Å². The lowest BCUT2D eigenvalue weighted by atomic mass is 10.1. The van der Waals surface area contributed by atoms with Gasteiger partial charge >= 0.3 is 0 Å². The zero-order chi connectivity index (χ0) is 20.0. The monoisotopic (exact) mass is 518 g/mol. The molecule has 0 fully saturated rings. The van der Waals surface area contributed by atoms with Crippen LogP contribution < -0.4 is 5.32 Å². The molecule has 28 heavy (non-hydrogen) atoms. The van der Waals surface area contributed by atoms with Gasteiger partial charge in [0.2, 0.25) is 0 Å². The number of hydrogen-bond donors (Lipinski definition) is 1. The summed E-state index contributed by atoms with van der Waals surface area (Å²) in [6.07, 6.45) is 2.98. The van der Waals surface area contributed by atoms with E-state index in [9.17, 15) is 0 Å². The molecule has 0 aliphatic heterocycles. The van der Waals surface area contributed by atoms with Gasteiger partial charge in [-0.05, 0) is 12.8 Å². The van der Waals surface area contributed by atoms with E-state index < -0.39 is 0 Å². The molecule has 1 N–H and O–H groups in total. The lowest BCUT2D eigenvalue weighted by Crippen LogP contribution is -2.38.